The van der Waals surface area contributed by atoms with Crippen LogP contribution in [-0.2, 0) is 0 Å². The van der Waals surface area contributed by atoms with E-state index in [4.69, 9.17) is 5.11 Å². The molecule has 1 aromatic rings. The number of carboxylic acids is 1. The monoisotopic (exact) mass is 242 g/mol. The van der Waals surface area contributed by atoms with Crippen molar-refractivity contribution in [3.8, 4) is 0 Å². The van der Waals surface area contributed by atoms with Crippen LogP contribution in [0.15, 0.2) is 29.2 Å². The van der Waals surface area contributed by atoms with Crippen LogP contribution in [0, 0.1) is 0 Å². The van der Waals surface area contributed by atoms with Crippen molar-refractivity contribution in [2.75, 3.05) is 0 Å². The van der Waals surface area contributed by atoms with Gasteiger partial charge in [-0.2, -0.15) is 0 Å². The Morgan fingerprint density at radius 1 is 1.46 bits per heavy atom. The van der Waals surface area contributed by atoms with Gasteiger partial charge in [-0.05, 0) is 0 Å². The van der Waals surface area contributed by atoms with Crippen LogP contribution in [0.3, 0.4) is 0 Å². The second-order valence-corrected chi connectivity index (χ2v) is 3.99. The van der Waals surface area contributed by atoms with Gasteiger partial charge in [0, 0.05) is 0 Å². The Labute approximate surface area is 83.4 Å². The molecule has 0 aliphatic heterocycles. The average Bonchev–Trinajstić information content (AvgIpc) is 2.15. The molecule has 0 aromatic heterocycles. The van der Waals surface area contributed by atoms with E-state index in [1.165, 1.54) is 0 Å². The predicted molar refractivity (Wildman–Crippen MR) is 54.1 cm³/mol. The maximum atomic E-state index is 10.8. The summed E-state index contributed by atoms with van der Waals surface area (Å²) < 4.78 is 0. The molecular formula is C10H10O2Se. The van der Waals surface area contributed by atoms with E-state index in [-0.39, 0.29) is 0 Å². The maximum absolute atomic E-state index is 10.8. The normalized spacial score (nSPS) is 10.5. The summed E-state index contributed by atoms with van der Waals surface area (Å²) in [6.45, 7) is 0. The molecule has 13 heavy (non-hydrogen) atoms. The number of rotatable bonds is 3. The zero-order valence-electron chi connectivity index (χ0n) is 7.23. The van der Waals surface area contributed by atoms with Gasteiger partial charge in [-0.15, -0.1) is 0 Å². The molecule has 0 heterocycles. The van der Waals surface area contributed by atoms with Crippen molar-refractivity contribution in [1.82, 2.24) is 0 Å². The van der Waals surface area contributed by atoms with E-state index in [0.717, 1.165) is 5.56 Å². The fraction of sp³-hybridized carbons (Fsp3) is 0.100. The van der Waals surface area contributed by atoms with Crippen molar-refractivity contribution < 1.29 is 9.90 Å². The minimum absolute atomic E-state index is 0.364. The molecule has 3 heteroatoms. The van der Waals surface area contributed by atoms with Gasteiger partial charge in [-0.1, -0.05) is 0 Å². The van der Waals surface area contributed by atoms with E-state index in [9.17, 15) is 4.79 Å². The molecule has 0 amide bonds. The van der Waals surface area contributed by atoms with Crippen molar-refractivity contribution in [3.05, 3.63) is 40.4 Å². The SMILES string of the molecule is C[Se]/C=C/c1ccccc1C(=O)O. The summed E-state index contributed by atoms with van der Waals surface area (Å²) in [5.41, 5.74) is 1.14. The van der Waals surface area contributed by atoms with Crippen molar-refractivity contribution in [2.24, 2.45) is 0 Å². The molecule has 0 radical (unpaired) electrons. The summed E-state index contributed by atoms with van der Waals surface area (Å²) in [6, 6.07) is 7.00. The molecule has 68 valence electrons. The summed E-state index contributed by atoms with van der Waals surface area (Å²) in [4.78, 5) is 12.8. The molecular weight excluding hydrogens is 231 g/mol. The van der Waals surface area contributed by atoms with Crippen molar-refractivity contribution in [1.29, 1.82) is 0 Å². The number of benzene rings is 1. The van der Waals surface area contributed by atoms with Gasteiger partial charge in [-0.25, -0.2) is 0 Å². The van der Waals surface area contributed by atoms with E-state index >= 15 is 0 Å². The average molecular weight is 241 g/mol. The first kappa shape index (κ1) is 10.0. The molecule has 1 aromatic carbocycles. The Bertz CT molecular complexity index is 331. The van der Waals surface area contributed by atoms with Crippen LogP contribution >= 0.6 is 0 Å². The molecule has 0 atom stereocenters. The zero-order valence-corrected chi connectivity index (χ0v) is 8.94. The Morgan fingerprint density at radius 3 is 2.77 bits per heavy atom. The summed E-state index contributed by atoms with van der Waals surface area (Å²) in [5, 5.41) is 8.84. The van der Waals surface area contributed by atoms with Gasteiger partial charge in [0.05, 0.1) is 0 Å². The molecule has 0 bridgehead atoms. The molecule has 0 aliphatic rings. The Morgan fingerprint density at radius 2 is 2.15 bits per heavy atom. The Balaban J connectivity index is 3.05. The topological polar surface area (TPSA) is 37.3 Å². The fourth-order valence-corrected chi connectivity index (χ4v) is 1.57. The standard InChI is InChI=1S/C10H10O2Se/c1-13-7-6-8-4-2-3-5-9(8)10(11)12/h2-7H,1H3,(H,11,12)/b7-6+. The van der Waals surface area contributed by atoms with Gasteiger partial charge in [0.15, 0.2) is 0 Å². The zero-order chi connectivity index (χ0) is 9.68. The van der Waals surface area contributed by atoms with Crippen LogP contribution in [0.5, 0.6) is 0 Å². The number of hydrogen-bond donors (Lipinski definition) is 1. The third kappa shape index (κ3) is 2.72. The molecule has 0 aliphatic carbocycles. The summed E-state index contributed by atoms with van der Waals surface area (Å²) in [7, 11) is 0. The first-order valence-corrected chi connectivity index (χ1v) is 6.47. The minimum atomic E-state index is -0.871. The molecule has 2 nitrogen and oxygen atoms in total. The number of aromatic carboxylic acids is 1. The van der Waals surface area contributed by atoms with Crippen LogP contribution in [0.25, 0.3) is 6.08 Å². The van der Waals surface area contributed by atoms with Gasteiger partial charge >= 0.3 is 83.1 Å². The number of hydrogen-bond acceptors (Lipinski definition) is 1. The quantitative estimate of drug-likeness (QED) is 0.823. The third-order valence-corrected chi connectivity index (χ3v) is 2.43. The van der Waals surface area contributed by atoms with Gasteiger partial charge in [0.2, 0.25) is 0 Å². The molecule has 0 spiro atoms. The van der Waals surface area contributed by atoms with E-state index < -0.39 is 5.97 Å². The number of carboxylic acid groups (broad SMARTS) is 1. The summed E-state index contributed by atoms with van der Waals surface area (Å²) in [6.07, 6.45) is 1.86. The fourth-order valence-electron chi connectivity index (χ4n) is 0.978. The molecule has 0 fully saturated rings. The Hall–Kier alpha value is -1.05. The van der Waals surface area contributed by atoms with Gasteiger partial charge in [-0.3, -0.25) is 0 Å². The predicted octanol–water partition coefficient (Wildman–Crippen LogP) is 2.11. The van der Waals surface area contributed by atoms with Gasteiger partial charge in [0.1, 0.15) is 0 Å². The molecule has 0 unspecified atom stereocenters. The third-order valence-electron chi connectivity index (χ3n) is 1.57. The molecule has 0 saturated carbocycles. The van der Waals surface area contributed by atoms with Crippen LogP contribution < -0.4 is 0 Å². The van der Waals surface area contributed by atoms with E-state index in [2.05, 4.69) is 5.82 Å². The van der Waals surface area contributed by atoms with Crippen LogP contribution in [0.1, 0.15) is 15.9 Å². The summed E-state index contributed by atoms with van der Waals surface area (Å²) >= 11 is 0.436. The van der Waals surface area contributed by atoms with E-state index in [1.54, 1.807) is 12.1 Å². The van der Waals surface area contributed by atoms with Crippen molar-refractivity contribution in [2.45, 2.75) is 5.82 Å². The number of carbonyl (C=O) groups is 1. The molecule has 0 saturated heterocycles. The van der Waals surface area contributed by atoms with E-state index in [0.29, 0.717) is 20.5 Å². The first-order valence-electron chi connectivity index (χ1n) is 3.77. The van der Waals surface area contributed by atoms with Crippen LogP contribution in [0.4, 0.5) is 0 Å². The van der Waals surface area contributed by atoms with Gasteiger partial charge in [0.25, 0.3) is 0 Å². The van der Waals surface area contributed by atoms with Crippen molar-refractivity contribution in [3.63, 3.8) is 0 Å². The van der Waals surface area contributed by atoms with E-state index in [1.807, 2.05) is 23.2 Å². The Kier molecular flexibility index (Phi) is 3.74. The van der Waals surface area contributed by atoms with Gasteiger partial charge < -0.3 is 0 Å². The summed E-state index contributed by atoms with van der Waals surface area (Å²) in [5.74, 6) is 1.20. The first-order chi connectivity index (χ1) is 6.25. The van der Waals surface area contributed by atoms with Crippen LogP contribution in [-0.4, -0.2) is 26.0 Å². The second kappa shape index (κ2) is 4.85. The second-order valence-electron chi connectivity index (χ2n) is 2.43. The van der Waals surface area contributed by atoms with Crippen LogP contribution in [0.2, 0.25) is 5.82 Å². The van der Waals surface area contributed by atoms with Crippen molar-refractivity contribution >= 4 is 27.0 Å². The molecule has 1 rings (SSSR count). The molecule has 1 N–H and O–H groups in total.